The molecule has 4 aliphatic rings. The van der Waals surface area contributed by atoms with Gasteiger partial charge in [0.05, 0.1) is 6.10 Å². The Balaban J connectivity index is 1.21. The Bertz CT molecular complexity index is 1010. The quantitative estimate of drug-likeness (QED) is 0.610. The Kier molecular flexibility index (Phi) is 6.47. The van der Waals surface area contributed by atoms with Crippen molar-refractivity contribution in [1.82, 2.24) is 15.1 Å². The highest BCUT2D eigenvalue weighted by atomic mass is 19.4. The summed E-state index contributed by atoms with van der Waals surface area (Å²) in [4.78, 5) is 40.2. The summed E-state index contributed by atoms with van der Waals surface area (Å²) in [6, 6.07) is 4.72. The number of benzene rings is 1. The van der Waals surface area contributed by atoms with Gasteiger partial charge in [-0.1, -0.05) is 6.42 Å². The van der Waals surface area contributed by atoms with Crippen molar-refractivity contribution in [3.63, 3.8) is 0 Å². The summed E-state index contributed by atoms with van der Waals surface area (Å²) in [5, 5.41) is 2.30. The maximum atomic E-state index is 12.9. The van der Waals surface area contributed by atoms with Crippen LogP contribution in [0.1, 0.15) is 54.4 Å². The minimum absolute atomic E-state index is 0.101. The van der Waals surface area contributed by atoms with Crippen LogP contribution in [0.4, 0.5) is 13.2 Å². The first-order valence-electron chi connectivity index (χ1n) is 12.0. The van der Waals surface area contributed by atoms with Crippen LogP contribution in [-0.2, 0) is 20.9 Å². The van der Waals surface area contributed by atoms with Gasteiger partial charge in [0.1, 0.15) is 24.5 Å². The fraction of sp³-hybridized carbons (Fsp3) is 0.625. The van der Waals surface area contributed by atoms with Gasteiger partial charge in [0.15, 0.2) is 0 Å². The Morgan fingerprint density at radius 3 is 2.57 bits per heavy atom. The number of imide groups is 1. The highest BCUT2D eigenvalue weighted by molar-refractivity contribution is 6.05. The molecule has 3 atom stereocenters. The zero-order valence-corrected chi connectivity index (χ0v) is 19.2. The Labute approximate surface area is 200 Å². The first kappa shape index (κ1) is 24.1. The predicted molar refractivity (Wildman–Crippen MR) is 117 cm³/mol. The minimum Gasteiger partial charge on any atom is -0.489 e. The number of carbonyl (C=O) groups is 3. The molecule has 0 spiro atoms. The Hall–Kier alpha value is -2.66. The van der Waals surface area contributed by atoms with Gasteiger partial charge >= 0.3 is 6.18 Å². The number of ether oxygens (including phenoxy) is 2. The number of hydrogen-bond acceptors (Lipinski definition) is 6. The summed E-state index contributed by atoms with van der Waals surface area (Å²) in [5.74, 6) is -0.379. The second kappa shape index (κ2) is 9.42. The van der Waals surface area contributed by atoms with Gasteiger partial charge in [0.2, 0.25) is 11.8 Å². The van der Waals surface area contributed by atoms with Crippen LogP contribution in [0.25, 0.3) is 0 Å². The van der Waals surface area contributed by atoms with Crippen molar-refractivity contribution >= 4 is 17.7 Å². The number of fused-ring (bicyclic) bond motifs is 1. The molecule has 1 aromatic carbocycles. The molecule has 35 heavy (non-hydrogen) atoms. The second-order valence-corrected chi connectivity index (χ2v) is 9.73. The van der Waals surface area contributed by atoms with E-state index in [0.29, 0.717) is 30.8 Å². The second-order valence-electron chi connectivity index (χ2n) is 9.73. The number of carbonyl (C=O) groups excluding carboxylic acids is 3. The van der Waals surface area contributed by atoms with Gasteiger partial charge in [-0.15, -0.1) is 0 Å². The summed E-state index contributed by atoms with van der Waals surface area (Å²) in [6.45, 7) is -0.0314. The molecular weight excluding hydrogens is 467 g/mol. The van der Waals surface area contributed by atoms with Crippen molar-refractivity contribution in [3.05, 3.63) is 29.3 Å². The number of halogens is 3. The summed E-state index contributed by atoms with van der Waals surface area (Å²) in [6.07, 6.45) is -0.536. The maximum absolute atomic E-state index is 12.9. The smallest absolute Gasteiger partial charge is 0.411 e. The van der Waals surface area contributed by atoms with Crippen molar-refractivity contribution in [2.45, 2.75) is 75.5 Å². The highest BCUT2D eigenvalue weighted by Crippen LogP contribution is 2.34. The highest BCUT2D eigenvalue weighted by Gasteiger charge is 2.42. The first-order chi connectivity index (χ1) is 16.7. The van der Waals surface area contributed by atoms with E-state index >= 15 is 0 Å². The van der Waals surface area contributed by atoms with Crippen LogP contribution in [0.5, 0.6) is 5.75 Å². The third-order valence-corrected chi connectivity index (χ3v) is 7.28. The summed E-state index contributed by atoms with van der Waals surface area (Å²) in [7, 11) is 0. The zero-order valence-electron chi connectivity index (χ0n) is 19.2. The van der Waals surface area contributed by atoms with Crippen LogP contribution in [0.15, 0.2) is 18.2 Å². The number of rotatable bonds is 6. The van der Waals surface area contributed by atoms with E-state index in [2.05, 4.69) is 10.2 Å². The maximum Gasteiger partial charge on any atom is 0.411 e. The Morgan fingerprint density at radius 1 is 1.06 bits per heavy atom. The Morgan fingerprint density at radius 2 is 1.83 bits per heavy atom. The number of nitrogens with one attached hydrogen (secondary N) is 1. The van der Waals surface area contributed by atoms with E-state index in [0.717, 1.165) is 31.2 Å². The van der Waals surface area contributed by atoms with Gasteiger partial charge in [0.25, 0.3) is 5.91 Å². The molecule has 11 heteroatoms. The molecule has 0 bridgehead atoms. The van der Waals surface area contributed by atoms with Gasteiger partial charge in [-0.25, -0.2) is 0 Å². The average Bonchev–Trinajstić information content (AvgIpc) is 3.08. The van der Waals surface area contributed by atoms with E-state index in [-0.39, 0.29) is 36.9 Å². The molecule has 3 heterocycles. The number of nitrogens with zero attached hydrogens (tertiary/aromatic N) is 2. The van der Waals surface area contributed by atoms with E-state index in [9.17, 15) is 27.6 Å². The number of piperidine rings is 1. The SMILES string of the molecule is O=C1CCC(N2Cc3cc(OC4CCCCC4N4CC(OCC(F)(F)F)C4)ccc3C2=O)C(=O)N1. The van der Waals surface area contributed by atoms with E-state index in [4.69, 9.17) is 9.47 Å². The summed E-state index contributed by atoms with van der Waals surface area (Å²) >= 11 is 0. The molecular formula is C24H28F3N3O5. The van der Waals surface area contributed by atoms with Crippen molar-refractivity contribution in [2.24, 2.45) is 0 Å². The number of likely N-dealkylation sites (tertiary alicyclic amines) is 1. The molecule has 3 aliphatic heterocycles. The van der Waals surface area contributed by atoms with Crippen molar-refractivity contribution < 1.29 is 37.0 Å². The van der Waals surface area contributed by atoms with Crippen LogP contribution in [0.3, 0.4) is 0 Å². The predicted octanol–water partition coefficient (Wildman–Crippen LogP) is 2.40. The van der Waals surface area contributed by atoms with Crippen LogP contribution in [0, 0.1) is 0 Å². The summed E-state index contributed by atoms with van der Waals surface area (Å²) in [5.41, 5.74) is 1.30. The minimum atomic E-state index is -4.32. The molecule has 0 radical (unpaired) electrons. The molecule has 8 nitrogen and oxygen atoms in total. The van der Waals surface area contributed by atoms with E-state index in [1.54, 1.807) is 12.1 Å². The molecule has 5 rings (SSSR count). The molecule has 0 aromatic heterocycles. The molecule has 3 fully saturated rings. The number of alkyl halides is 3. The van der Waals surface area contributed by atoms with Crippen LogP contribution in [-0.4, -0.2) is 77.7 Å². The average molecular weight is 495 g/mol. The van der Waals surface area contributed by atoms with Gasteiger partial charge in [-0.3, -0.25) is 24.6 Å². The normalized spacial score (nSPS) is 28.0. The topological polar surface area (TPSA) is 88.2 Å². The monoisotopic (exact) mass is 495 g/mol. The lowest BCUT2D eigenvalue weighted by molar-refractivity contribution is -0.204. The molecule has 1 aromatic rings. The van der Waals surface area contributed by atoms with Gasteiger partial charge in [-0.05, 0) is 49.4 Å². The molecule has 3 unspecified atom stereocenters. The van der Waals surface area contributed by atoms with Crippen LogP contribution < -0.4 is 10.1 Å². The van der Waals surface area contributed by atoms with E-state index in [1.807, 2.05) is 6.07 Å². The largest absolute Gasteiger partial charge is 0.489 e. The van der Waals surface area contributed by atoms with Gasteiger partial charge in [0, 0.05) is 37.7 Å². The fourth-order valence-corrected chi connectivity index (χ4v) is 5.49. The summed E-state index contributed by atoms with van der Waals surface area (Å²) < 4.78 is 48.5. The molecule has 1 saturated carbocycles. The third kappa shape index (κ3) is 5.16. The lowest BCUT2D eigenvalue weighted by atomic mass is 9.89. The van der Waals surface area contributed by atoms with E-state index < -0.39 is 30.8 Å². The third-order valence-electron chi connectivity index (χ3n) is 7.28. The molecule has 190 valence electrons. The van der Waals surface area contributed by atoms with E-state index in [1.165, 1.54) is 4.90 Å². The lowest BCUT2D eigenvalue weighted by Crippen LogP contribution is -2.61. The number of amides is 3. The zero-order chi connectivity index (χ0) is 24.7. The first-order valence-corrected chi connectivity index (χ1v) is 12.0. The fourth-order valence-electron chi connectivity index (χ4n) is 5.49. The van der Waals surface area contributed by atoms with Gasteiger partial charge in [-0.2, -0.15) is 13.2 Å². The number of hydrogen-bond donors (Lipinski definition) is 1. The lowest BCUT2D eigenvalue weighted by Gasteiger charge is -2.48. The van der Waals surface area contributed by atoms with Crippen molar-refractivity contribution in [3.8, 4) is 5.75 Å². The van der Waals surface area contributed by atoms with Crippen molar-refractivity contribution in [1.29, 1.82) is 0 Å². The molecule has 1 N–H and O–H groups in total. The van der Waals surface area contributed by atoms with Gasteiger partial charge < -0.3 is 14.4 Å². The van der Waals surface area contributed by atoms with Crippen LogP contribution >= 0.6 is 0 Å². The standard InChI is InChI=1S/C24H28F3N3O5/c25-24(26,27)13-34-16-11-29(12-16)18-3-1-2-4-20(18)35-15-5-6-17-14(9-15)10-30(23(17)33)19-7-8-21(31)28-22(19)32/h5-6,9,16,18-20H,1-4,7-8,10-13H2,(H,28,31,32). The van der Waals surface area contributed by atoms with Crippen molar-refractivity contribution in [2.75, 3.05) is 19.7 Å². The molecule has 2 saturated heterocycles. The molecule has 1 aliphatic carbocycles. The van der Waals surface area contributed by atoms with Crippen LogP contribution in [0.2, 0.25) is 0 Å². The molecule has 3 amide bonds.